The highest BCUT2D eigenvalue weighted by Crippen LogP contribution is 2.33. The number of nitrogens with zero attached hydrogens (tertiary/aromatic N) is 6. The number of nitro benzene ring substituents is 1. The van der Waals surface area contributed by atoms with Gasteiger partial charge < -0.3 is 19.6 Å². The van der Waals surface area contributed by atoms with Crippen LogP contribution >= 0.6 is 0 Å². The van der Waals surface area contributed by atoms with E-state index in [-0.39, 0.29) is 24.3 Å². The first-order valence-electron chi connectivity index (χ1n) is 8.37. The Hall–Kier alpha value is -3.78. The van der Waals surface area contributed by atoms with Gasteiger partial charge in [-0.2, -0.15) is 9.78 Å². The minimum Gasteiger partial charge on any atom is -0.390 e. The van der Waals surface area contributed by atoms with E-state index in [1.54, 1.807) is 0 Å². The third-order valence-corrected chi connectivity index (χ3v) is 4.48. The van der Waals surface area contributed by atoms with E-state index in [2.05, 4.69) is 20.6 Å². The van der Waals surface area contributed by atoms with Gasteiger partial charge in [-0.3, -0.25) is 14.9 Å². The van der Waals surface area contributed by atoms with Crippen LogP contribution in [0, 0.1) is 20.2 Å². The Kier molecular flexibility index (Phi) is 4.69. The summed E-state index contributed by atoms with van der Waals surface area (Å²) in [6, 6.07) is 4.99. The first-order chi connectivity index (χ1) is 13.9. The summed E-state index contributed by atoms with van der Waals surface area (Å²) in [5.41, 5.74) is 2.09. The van der Waals surface area contributed by atoms with Crippen molar-refractivity contribution < 1.29 is 24.1 Å². The largest absolute Gasteiger partial charge is 0.490 e. The molecule has 0 unspecified atom stereocenters. The third kappa shape index (κ3) is 3.53. The van der Waals surface area contributed by atoms with E-state index in [9.17, 15) is 25.0 Å². The first-order valence-corrected chi connectivity index (χ1v) is 8.37. The maximum Gasteiger partial charge on any atom is 0.490 e. The van der Waals surface area contributed by atoms with E-state index in [0.29, 0.717) is 5.71 Å². The lowest BCUT2D eigenvalue weighted by Gasteiger charge is -2.26. The Morgan fingerprint density at radius 1 is 1.28 bits per heavy atom. The molecule has 3 atom stereocenters. The molecule has 2 aliphatic rings. The van der Waals surface area contributed by atoms with Crippen LogP contribution in [-0.4, -0.2) is 55.2 Å². The van der Waals surface area contributed by atoms with E-state index in [1.807, 2.05) is 0 Å². The van der Waals surface area contributed by atoms with Crippen molar-refractivity contribution in [2.45, 2.75) is 24.9 Å². The third-order valence-electron chi connectivity index (χ3n) is 4.48. The maximum absolute atomic E-state index is 12.3. The molecule has 1 amide bonds. The molecule has 4 rings (SSSR count). The summed E-state index contributed by atoms with van der Waals surface area (Å²) in [5.74, 6) is -1.31. The summed E-state index contributed by atoms with van der Waals surface area (Å²) in [6.07, 6.45) is 0.244. The second-order valence-corrected chi connectivity index (χ2v) is 6.21. The molecule has 14 heteroatoms. The molecule has 2 aliphatic heterocycles. The average Bonchev–Trinajstić information content (AvgIpc) is 3.36. The smallest absolute Gasteiger partial charge is 0.390 e. The topological polar surface area (TPSA) is 177 Å². The molecule has 1 aromatic heterocycles. The van der Waals surface area contributed by atoms with Crippen LogP contribution in [0.1, 0.15) is 22.8 Å². The van der Waals surface area contributed by atoms with Gasteiger partial charge in [0.25, 0.3) is 11.6 Å². The van der Waals surface area contributed by atoms with Crippen LogP contribution in [0.3, 0.4) is 0 Å². The van der Waals surface area contributed by atoms with Gasteiger partial charge in [0.05, 0.1) is 17.2 Å². The molecule has 0 spiro atoms. The van der Waals surface area contributed by atoms with Crippen LogP contribution in [0.15, 0.2) is 35.7 Å². The minimum atomic E-state index is -0.791. The van der Waals surface area contributed by atoms with Crippen LogP contribution < -0.4 is 5.43 Å². The van der Waals surface area contributed by atoms with E-state index in [4.69, 9.17) is 9.47 Å². The van der Waals surface area contributed by atoms with Gasteiger partial charge in [-0.1, -0.05) is 17.1 Å². The molecule has 29 heavy (non-hydrogen) atoms. The van der Waals surface area contributed by atoms with Gasteiger partial charge in [0.1, 0.15) is 17.7 Å². The van der Waals surface area contributed by atoms with Gasteiger partial charge in [-0.25, -0.2) is 5.43 Å². The van der Waals surface area contributed by atoms with Gasteiger partial charge in [-0.05, 0) is 11.0 Å². The van der Waals surface area contributed by atoms with Crippen LogP contribution in [0.2, 0.25) is 0 Å². The summed E-state index contributed by atoms with van der Waals surface area (Å²) in [5, 5.41) is 29.7. The zero-order chi connectivity index (χ0) is 20.5. The van der Waals surface area contributed by atoms with Crippen LogP contribution in [0.5, 0.6) is 0 Å². The number of benzene rings is 1. The fourth-order valence-corrected chi connectivity index (χ4v) is 3.12. The van der Waals surface area contributed by atoms with Crippen molar-refractivity contribution in [2.24, 2.45) is 5.10 Å². The second-order valence-electron chi connectivity index (χ2n) is 6.21. The molecule has 0 saturated carbocycles. The summed E-state index contributed by atoms with van der Waals surface area (Å²) in [6.45, 7) is 0.208. The summed E-state index contributed by atoms with van der Waals surface area (Å²) in [7, 11) is 0. The van der Waals surface area contributed by atoms with Crippen molar-refractivity contribution in [3.63, 3.8) is 0 Å². The summed E-state index contributed by atoms with van der Waals surface area (Å²) < 4.78 is 12.5. The molecule has 0 aliphatic carbocycles. The number of hydrogen-bond acceptors (Lipinski definition) is 10. The quantitative estimate of drug-likeness (QED) is 0.552. The van der Waals surface area contributed by atoms with Crippen molar-refractivity contribution in [2.75, 3.05) is 6.61 Å². The SMILES string of the molecule is O=C(N/N=C1\C[C@H](n2cnc([N+](=O)[O-])n2)[C@@H]2CO[C@@H]1O2)c1ccccc1[N+](=O)[O-]. The molecule has 2 aromatic rings. The Bertz CT molecular complexity index is 1020. The molecular weight excluding hydrogens is 390 g/mol. The number of nitro groups is 2. The zero-order valence-corrected chi connectivity index (χ0v) is 14.6. The normalized spacial score (nSPS) is 24.4. The van der Waals surface area contributed by atoms with Crippen molar-refractivity contribution >= 4 is 23.3 Å². The van der Waals surface area contributed by atoms with Crippen molar-refractivity contribution in [1.82, 2.24) is 20.2 Å². The van der Waals surface area contributed by atoms with Gasteiger partial charge in [0, 0.05) is 17.6 Å². The lowest BCUT2D eigenvalue weighted by Crippen LogP contribution is -2.38. The van der Waals surface area contributed by atoms with E-state index >= 15 is 0 Å². The van der Waals surface area contributed by atoms with Crippen molar-refractivity contribution in [3.8, 4) is 0 Å². The molecule has 1 aromatic carbocycles. The van der Waals surface area contributed by atoms with E-state index in [1.165, 1.54) is 35.3 Å². The lowest BCUT2D eigenvalue weighted by molar-refractivity contribution is -0.394. The molecule has 3 heterocycles. The highest BCUT2D eigenvalue weighted by atomic mass is 16.7. The second kappa shape index (κ2) is 7.33. The summed E-state index contributed by atoms with van der Waals surface area (Å²) in [4.78, 5) is 36.5. The predicted molar refractivity (Wildman–Crippen MR) is 92.9 cm³/mol. The highest BCUT2D eigenvalue weighted by molar-refractivity contribution is 5.99. The van der Waals surface area contributed by atoms with Gasteiger partial charge in [-0.15, -0.1) is 0 Å². The maximum atomic E-state index is 12.3. The van der Waals surface area contributed by atoms with Crippen LogP contribution in [-0.2, 0) is 9.47 Å². The zero-order valence-electron chi connectivity index (χ0n) is 14.6. The van der Waals surface area contributed by atoms with Crippen LogP contribution in [0.4, 0.5) is 11.6 Å². The van der Waals surface area contributed by atoms with Gasteiger partial charge in [0.2, 0.25) is 6.33 Å². The molecule has 0 radical (unpaired) electrons. The molecule has 150 valence electrons. The Balaban J connectivity index is 1.53. The van der Waals surface area contributed by atoms with Crippen molar-refractivity contribution in [3.05, 3.63) is 56.4 Å². The molecule has 2 bridgehead atoms. The van der Waals surface area contributed by atoms with Crippen molar-refractivity contribution in [1.29, 1.82) is 0 Å². The first kappa shape index (κ1) is 18.6. The van der Waals surface area contributed by atoms with E-state index in [0.717, 1.165) is 0 Å². The highest BCUT2D eigenvalue weighted by Gasteiger charge is 2.44. The lowest BCUT2D eigenvalue weighted by atomic mass is 10.0. The number of amides is 1. The number of hydrazone groups is 1. The average molecular weight is 403 g/mol. The van der Waals surface area contributed by atoms with E-state index < -0.39 is 40.1 Å². The van der Waals surface area contributed by atoms with Gasteiger partial charge >= 0.3 is 5.95 Å². The fraction of sp³-hybridized carbons (Fsp3) is 0.333. The van der Waals surface area contributed by atoms with Crippen LogP contribution in [0.25, 0.3) is 0 Å². The number of rotatable bonds is 5. The number of nitrogens with one attached hydrogen (secondary N) is 1. The Labute approximate surface area is 161 Å². The number of aromatic nitrogens is 3. The number of hydrogen-bond donors (Lipinski definition) is 1. The molecule has 14 nitrogen and oxygen atoms in total. The number of para-hydroxylation sites is 1. The standard InChI is InChI=1S/C15H13N7O7/c23-13(8-3-1-2-4-10(8)21(24)25)18-17-9-5-11(12-6-28-14(9)29-12)20-7-16-15(19-20)22(26)27/h1-4,7,11-12,14H,5-6H2,(H,18,23)/b17-9+/t11-,12-,14+/m0/s1. The Morgan fingerprint density at radius 3 is 2.79 bits per heavy atom. The molecular formula is C15H13N7O7. The number of ether oxygens (including phenoxy) is 2. The monoisotopic (exact) mass is 403 g/mol. The van der Waals surface area contributed by atoms with Gasteiger partial charge in [0.15, 0.2) is 6.29 Å². The molecule has 1 N–H and O–H groups in total. The molecule has 2 saturated heterocycles. The number of carbonyl (C=O) groups is 1. The number of carbonyl (C=O) groups excluding carboxylic acids is 1. The minimum absolute atomic E-state index is 0.146. The fourth-order valence-electron chi connectivity index (χ4n) is 3.12. The summed E-state index contributed by atoms with van der Waals surface area (Å²) >= 11 is 0. The number of fused-ring (bicyclic) bond motifs is 2. The Morgan fingerprint density at radius 2 is 2.07 bits per heavy atom. The predicted octanol–water partition coefficient (Wildman–Crippen LogP) is 0.567. The molecule has 2 fully saturated rings.